The van der Waals surface area contributed by atoms with Crippen molar-refractivity contribution in [3.8, 4) is 22.3 Å². The summed E-state index contributed by atoms with van der Waals surface area (Å²) >= 11 is 0. The average Bonchev–Trinajstić information content (AvgIpc) is 3.32. The zero-order chi connectivity index (χ0) is 40.0. The van der Waals surface area contributed by atoms with Gasteiger partial charge in [-0.2, -0.15) is 0 Å². The summed E-state index contributed by atoms with van der Waals surface area (Å²) in [5.74, 6) is 2.35. The van der Waals surface area contributed by atoms with Gasteiger partial charge in [-0.25, -0.2) is 20.0 Å². The minimum Gasteiger partial charge on any atom is -0.383 e. The minimum atomic E-state index is -0.278. The highest BCUT2D eigenvalue weighted by Gasteiger charge is 2.22. The lowest BCUT2D eigenvalue weighted by Crippen LogP contribution is -2.33. The summed E-state index contributed by atoms with van der Waals surface area (Å²) < 4.78 is 0. The Kier molecular flexibility index (Phi) is 10.4. The molecule has 4 N–H and O–H groups in total. The maximum absolute atomic E-state index is 6.45. The largest absolute Gasteiger partial charge is 0.383 e. The zero-order valence-electron chi connectivity index (χ0n) is 32.3. The van der Waals surface area contributed by atoms with Crippen LogP contribution in [-0.2, 0) is 0 Å². The van der Waals surface area contributed by atoms with Crippen LogP contribution in [0, 0.1) is 0 Å². The van der Waals surface area contributed by atoms with Gasteiger partial charge in [-0.15, -0.1) is 0 Å². The van der Waals surface area contributed by atoms with Crippen molar-refractivity contribution in [2.45, 2.75) is 6.17 Å². The lowest BCUT2D eigenvalue weighted by atomic mass is 9.91. The highest BCUT2D eigenvalue weighted by molar-refractivity contribution is 6.14. The molecule has 0 aliphatic carbocycles. The molecule has 7 aromatic carbocycles. The number of fused-ring (bicyclic) bond motifs is 1. The van der Waals surface area contributed by atoms with E-state index in [1.807, 2.05) is 97.1 Å². The van der Waals surface area contributed by atoms with Crippen LogP contribution in [0.2, 0.25) is 0 Å². The molecule has 7 aromatic rings. The van der Waals surface area contributed by atoms with Crippen molar-refractivity contribution in [2.75, 3.05) is 11.9 Å². The van der Waals surface area contributed by atoms with Crippen LogP contribution in [0.25, 0.3) is 34.0 Å². The van der Waals surface area contributed by atoms with Gasteiger partial charge in [0.1, 0.15) is 17.8 Å². The Morgan fingerprint density at radius 1 is 0.593 bits per heavy atom. The zero-order valence-corrected chi connectivity index (χ0v) is 32.3. The lowest BCUT2D eigenvalue weighted by Gasteiger charge is -2.24. The van der Waals surface area contributed by atoms with E-state index >= 15 is 0 Å². The van der Waals surface area contributed by atoms with E-state index in [-0.39, 0.29) is 6.17 Å². The molecule has 0 aromatic heterocycles. The Balaban J connectivity index is 1.05. The SMILES string of the molecule is C=C(N=C(N=C(N)c1ccccc1)c1ccccc1)c1ccc(-c2cc3c(c(-c4cccc(C5=NC(c6ccccc6)NC(c6ccccc6)=N5)c4)c2)NCC=C3)cc1. The molecule has 9 rings (SSSR count). The van der Waals surface area contributed by atoms with Crippen LogP contribution in [-0.4, -0.2) is 29.9 Å². The molecule has 2 heterocycles. The third kappa shape index (κ3) is 8.17. The number of rotatable bonds is 9. The molecule has 59 heavy (non-hydrogen) atoms. The maximum Gasteiger partial charge on any atom is 0.162 e. The highest BCUT2D eigenvalue weighted by Crippen LogP contribution is 2.39. The van der Waals surface area contributed by atoms with Crippen molar-refractivity contribution in [1.29, 1.82) is 0 Å². The van der Waals surface area contributed by atoms with Crippen LogP contribution < -0.4 is 16.4 Å². The van der Waals surface area contributed by atoms with E-state index in [0.717, 1.165) is 79.3 Å². The number of aliphatic imine (C=N–C) groups is 4. The van der Waals surface area contributed by atoms with Gasteiger partial charge in [-0.1, -0.05) is 183 Å². The van der Waals surface area contributed by atoms with Gasteiger partial charge in [-0.3, -0.25) is 0 Å². The second-order valence-electron chi connectivity index (χ2n) is 14.3. The predicted molar refractivity (Wildman–Crippen MR) is 246 cm³/mol. The molecule has 7 nitrogen and oxygen atoms in total. The van der Waals surface area contributed by atoms with E-state index in [1.54, 1.807) is 0 Å². The van der Waals surface area contributed by atoms with Gasteiger partial charge in [-0.05, 0) is 51.6 Å². The van der Waals surface area contributed by atoms with Gasteiger partial charge in [0.25, 0.3) is 0 Å². The summed E-state index contributed by atoms with van der Waals surface area (Å²) in [4.78, 5) is 19.9. The standard InChI is InChI=1S/C52H41N7/c1-35(55-49(39-18-8-3-9-19-39)56-48(53)38-16-6-2-7-17-38)36-27-29-37(30-28-36)45-33-43-26-15-31-54-47(43)46(34-45)42-24-14-25-44(32-42)52-58-50(40-20-10-4-11-21-40)57-51(59-52)41-22-12-5-13-23-41/h2-30,32-34,50,54H,1,31H2,(H2,53,55,56)(H,57,58,59). The monoisotopic (exact) mass is 763 g/mol. The van der Waals surface area contributed by atoms with Gasteiger partial charge in [0.15, 0.2) is 11.7 Å². The number of nitrogens with two attached hydrogens (primary N) is 1. The van der Waals surface area contributed by atoms with Crippen molar-refractivity contribution in [3.05, 3.63) is 234 Å². The molecule has 0 saturated carbocycles. The van der Waals surface area contributed by atoms with Gasteiger partial charge in [0.05, 0.1) is 5.70 Å². The molecular formula is C52H41N7. The van der Waals surface area contributed by atoms with Crippen LogP contribution in [0.3, 0.4) is 0 Å². The molecule has 2 aliphatic heterocycles. The smallest absolute Gasteiger partial charge is 0.162 e. The number of benzene rings is 7. The van der Waals surface area contributed by atoms with Crippen molar-refractivity contribution >= 4 is 40.8 Å². The third-order valence-electron chi connectivity index (χ3n) is 10.3. The Morgan fingerprint density at radius 3 is 1.97 bits per heavy atom. The van der Waals surface area contributed by atoms with E-state index < -0.39 is 0 Å². The van der Waals surface area contributed by atoms with Crippen LogP contribution in [0.15, 0.2) is 215 Å². The summed E-state index contributed by atoms with van der Waals surface area (Å²) in [7, 11) is 0. The van der Waals surface area contributed by atoms with Crippen LogP contribution in [0.5, 0.6) is 0 Å². The second kappa shape index (κ2) is 16.7. The average molecular weight is 764 g/mol. The maximum atomic E-state index is 6.45. The first-order chi connectivity index (χ1) is 29.1. The quantitative estimate of drug-likeness (QED) is 0.101. The van der Waals surface area contributed by atoms with Crippen LogP contribution in [0.1, 0.15) is 45.1 Å². The number of anilines is 1. The molecule has 0 radical (unpaired) electrons. The Bertz CT molecular complexity index is 2790. The Labute approximate surface area is 344 Å². The molecule has 1 unspecified atom stereocenters. The summed E-state index contributed by atoms with van der Waals surface area (Å²) in [5, 5.41) is 7.20. The lowest BCUT2D eigenvalue weighted by molar-refractivity contribution is 0.674. The fraction of sp³-hybridized carbons (Fsp3) is 0.0385. The molecule has 0 spiro atoms. The van der Waals surface area contributed by atoms with Crippen molar-refractivity contribution in [2.24, 2.45) is 25.7 Å². The minimum absolute atomic E-state index is 0.278. The van der Waals surface area contributed by atoms with Gasteiger partial charge in [0.2, 0.25) is 0 Å². The molecule has 0 bridgehead atoms. The second-order valence-corrected chi connectivity index (χ2v) is 14.3. The number of hydrogen-bond acceptors (Lipinski definition) is 5. The van der Waals surface area contributed by atoms with Crippen molar-refractivity contribution in [3.63, 3.8) is 0 Å². The number of amidine groups is 4. The molecule has 1 atom stereocenters. The van der Waals surface area contributed by atoms with E-state index in [2.05, 4.69) is 114 Å². The Morgan fingerprint density at radius 2 is 1.24 bits per heavy atom. The van der Waals surface area contributed by atoms with Gasteiger partial charge in [0, 0.05) is 40.0 Å². The van der Waals surface area contributed by atoms with Crippen molar-refractivity contribution in [1.82, 2.24) is 5.32 Å². The van der Waals surface area contributed by atoms with Crippen LogP contribution in [0.4, 0.5) is 5.69 Å². The number of nitrogens with one attached hydrogen (secondary N) is 2. The number of hydrogen-bond donors (Lipinski definition) is 3. The van der Waals surface area contributed by atoms with Gasteiger partial charge >= 0.3 is 0 Å². The van der Waals surface area contributed by atoms with E-state index in [4.69, 9.17) is 25.7 Å². The number of nitrogens with zero attached hydrogens (tertiary/aromatic N) is 4. The fourth-order valence-corrected chi connectivity index (χ4v) is 7.26. The molecule has 2 aliphatic rings. The summed E-state index contributed by atoms with van der Waals surface area (Å²) in [6.45, 7) is 5.09. The fourth-order valence-electron chi connectivity index (χ4n) is 7.26. The summed E-state index contributed by atoms with van der Waals surface area (Å²) in [5.41, 5.74) is 19.2. The first kappa shape index (κ1) is 36.7. The molecular weight excluding hydrogens is 723 g/mol. The Hall–Kier alpha value is -7.90. The van der Waals surface area contributed by atoms with Gasteiger partial charge < -0.3 is 16.4 Å². The molecule has 284 valence electrons. The summed E-state index contributed by atoms with van der Waals surface area (Å²) in [6, 6.07) is 61.4. The summed E-state index contributed by atoms with van der Waals surface area (Å²) in [6.07, 6.45) is 4.07. The molecule has 0 saturated heterocycles. The highest BCUT2D eigenvalue weighted by atomic mass is 15.2. The normalized spacial score (nSPS) is 14.9. The first-order valence-electron chi connectivity index (χ1n) is 19.6. The molecule has 7 heteroatoms. The van der Waals surface area contributed by atoms with E-state index in [0.29, 0.717) is 23.2 Å². The van der Waals surface area contributed by atoms with E-state index in [1.165, 1.54) is 0 Å². The molecule has 0 amide bonds. The first-order valence-corrected chi connectivity index (χ1v) is 19.6. The van der Waals surface area contributed by atoms with Crippen molar-refractivity contribution < 1.29 is 0 Å². The van der Waals surface area contributed by atoms with Crippen LogP contribution >= 0.6 is 0 Å². The third-order valence-corrected chi connectivity index (χ3v) is 10.3. The molecule has 0 fully saturated rings. The van der Waals surface area contributed by atoms with E-state index in [9.17, 15) is 0 Å². The topological polar surface area (TPSA) is 99.5 Å². The predicted octanol–water partition coefficient (Wildman–Crippen LogP) is 10.8.